The number of carbonyl (C=O) groups is 4. The number of carbonyl (C=O) groups excluding carboxylic acids is 4. The lowest BCUT2D eigenvalue weighted by Crippen LogP contribution is -2.38. The maximum absolute atomic E-state index is 12.6. The van der Waals surface area contributed by atoms with E-state index in [0.29, 0.717) is 0 Å². The maximum Gasteiger partial charge on any atom is 0.266 e. The molecule has 0 aliphatic rings. The molecule has 0 saturated heterocycles. The highest BCUT2D eigenvalue weighted by Gasteiger charge is 2.18. The number of benzene rings is 2. The van der Waals surface area contributed by atoms with Crippen LogP contribution in [0.15, 0.2) is 43.0 Å². The number of nitrogens with zero attached hydrogens (tertiary/aromatic N) is 2. The van der Waals surface area contributed by atoms with Crippen molar-refractivity contribution in [3.63, 3.8) is 0 Å². The normalized spacial score (nSPS) is 10.4. The Bertz CT molecular complexity index is 1310. The summed E-state index contributed by atoms with van der Waals surface area (Å²) in [5, 5.41) is 30.5. The molecule has 0 aliphatic carbocycles. The smallest absolute Gasteiger partial charge is 0.266 e. The Morgan fingerprint density at radius 1 is 0.769 bits per heavy atom. The molecule has 0 saturated carbocycles. The predicted molar refractivity (Wildman–Crippen MR) is 140 cm³/mol. The molecule has 0 spiro atoms. The number of methoxy groups -OCH3 is 2. The summed E-state index contributed by atoms with van der Waals surface area (Å²) in [4.78, 5) is 47.8. The summed E-state index contributed by atoms with van der Waals surface area (Å²) in [5.74, 6) is -1.67. The van der Waals surface area contributed by atoms with Gasteiger partial charge in [-0.15, -0.1) is 0 Å². The quantitative estimate of drug-likeness (QED) is 0.164. The van der Waals surface area contributed by atoms with Gasteiger partial charge in [0.25, 0.3) is 11.8 Å². The summed E-state index contributed by atoms with van der Waals surface area (Å²) in [6, 6.07) is 5.29. The molecule has 0 atom stereocenters. The molecular formula is C25H29N6O8+. The van der Waals surface area contributed by atoms with E-state index in [0.717, 1.165) is 0 Å². The Morgan fingerprint density at radius 2 is 1.26 bits per heavy atom. The summed E-state index contributed by atoms with van der Waals surface area (Å²) in [6.07, 6.45) is 4.73. The minimum Gasteiger partial charge on any atom is -0.506 e. The van der Waals surface area contributed by atoms with Crippen molar-refractivity contribution in [2.75, 3.05) is 35.5 Å². The average Bonchev–Trinajstić information content (AvgIpc) is 3.27. The van der Waals surface area contributed by atoms with E-state index in [2.05, 4.69) is 21.3 Å². The molecule has 14 nitrogen and oxygen atoms in total. The van der Waals surface area contributed by atoms with Crippen LogP contribution < -0.4 is 35.3 Å². The van der Waals surface area contributed by atoms with Crippen molar-refractivity contribution < 1.29 is 43.4 Å². The van der Waals surface area contributed by atoms with E-state index in [1.54, 1.807) is 18.7 Å². The predicted octanol–water partition coefficient (Wildman–Crippen LogP) is 1.40. The number of aromatic hydroxyl groups is 2. The zero-order valence-corrected chi connectivity index (χ0v) is 21.7. The molecular weight excluding hydrogens is 512 g/mol. The van der Waals surface area contributed by atoms with Crippen LogP contribution in [0.1, 0.15) is 13.8 Å². The van der Waals surface area contributed by atoms with Crippen molar-refractivity contribution in [3.8, 4) is 23.0 Å². The SMILES string of the molecule is COc1cc(NC(C)=O)c(O)cc1NC(=O)Cn1cc[n+](CC(=O)Nc2cc(O)c(NC(C)=O)cc2OC)c1. The molecule has 0 unspecified atom stereocenters. The fourth-order valence-corrected chi connectivity index (χ4v) is 3.59. The van der Waals surface area contributed by atoms with Gasteiger partial charge in [0.05, 0.1) is 37.0 Å². The number of nitrogens with one attached hydrogen (secondary N) is 4. The molecule has 0 radical (unpaired) electrons. The lowest BCUT2D eigenvalue weighted by molar-refractivity contribution is -0.683. The second-order valence-corrected chi connectivity index (χ2v) is 8.36. The summed E-state index contributed by atoms with van der Waals surface area (Å²) in [6.45, 7) is 2.36. The van der Waals surface area contributed by atoms with E-state index in [4.69, 9.17) is 9.47 Å². The largest absolute Gasteiger partial charge is 0.506 e. The number of aromatic nitrogens is 2. The first-order valence-electron chi connectivity index (χ1n) is 11.5. The summed E-state index contributed by atoms with van der Waals surface area (Å²) in [5.41, 5.74) is 0.683. The maximum atomic E-state index is 12.6. The Kier molecular flexibility index (Phi) is 8.94. The first-order valence-corrected chi connectivity index (χ1v) is 11.5. The van der Waals surface area contributed by atoms with Gasteiger partial charge in [0.2, 0.25) is 18.1 Å². The monoisotopic (exact) mass is 541 g/mol. The summed E-state index contributed by atoms with van der Waals surface area (Å²) in [7, 11) is 2.77. The van der Waals surface area contributed by atoms with E-state index in [1.165, 1.54) is 61.5 Å². The van der Waals surface area contributed by atoms with Crippen LogP contribution in [0, 0.1) is 0 Å². The molecule has 14 heteroatoms. The van der Waals surface area contributed by atoms with Crippen LogP contribution >= 0.6 is 0 Å². The van der Waals surface area contributed by atoms with Crippen molar-refractivity contribution in [2.24, 2.45) is 0 Å². The third-order valence-corrected chi connectivity index (χ3v) is 5.20. The number of phenolic OH excluding ortho intramolecular Hbond substituents is 2. The van der Waals surface area contributed by atoms with Gasteiger partial charge >= 0.3 is 0 Å². The first-order chi connectivity index (χ1) is 18.5. The minimum absolute atomic E-state index is 0.113. The Balaban J connectivity index is 1.63. The molecule has 39 heavy (non-hydrogen) atoms. The highest BCUT2D eigenvalue weighted by molar-refractivity contribution is 5.96. The van der Waals surface area contributed by atoms with Crippen LogP contribution in [0.4, 0.5) is 22.7 Å². The van der Waals surface area contributed by atoms with Crippen LogP contribution in [-0.4, -0.2) is 52.6 Å². The van der Waals surface area contributed by atoms with Gasteiger partial charge in [-0.2, -0.15) is 0 Å². The van der Waals surface area contributed by atoms with Crippen LogP contribution in [0.25, 0.3) is 0 Å². The summed E-state index contributed by atoms with van der Waals surface area (Å²) < 4.78 is 13.6. The van der Waals surface area contributed by atoms with E-state index >= 15 is 0 Å². The first kappa shape index (κ1) is 28.3. The van der Waals surface area contributed by atoms with Crippen LogP contribution in [0.5, 0.6) is 23.0 Å². The third kappa shape index (κ3) is 7.61. The number of anilines is 4. The van der Waals surface area contributed by atoms with Crippen LogP contribution in [0.2, 0.25) is 0 Å². The van der Waals surface area contributed by atoms with Crippen LogP contribution in [-0.2, 0) is 32.3 Å². The molecule has 3 aromatic rings. The minimum atomic E-state index is -0.438. The fourth-order valence-electron chi connectivity index (χ4n) is 3.59. The van der Waals surface area contributed by atoms with Gasteiger partial charge in [-0.05, 0) is 0 Å². The number of ether oxygens (including phenoxy) is 2. The van der Waals surface area contributed by atoms with Crippen molar-refractivity contribution in [1.82, 2.24) is 4.57 Å². The molecule has 2 aromatic carbocycles. The third-order valence-electron chi connectivity index (χ3n) is 5.20. The molecule has 6 N–H and O–H groups in total. The van der Waals surface area contributed by atoms with Gasteiger partial charge < -0.3 is 41.0 Å². The molecule has 4 amide bonds. The van der Waals surface area contributed by atoms with E-state index < -0.39 is 11.8 Å². The number of phenols is 2. The molecule has 0 aliphatic heterocycles. The second kappa shape index (κ2) is 12.3. The highest BCUT2D eigenvalue weighted by atomic mass is 16.5. The average molecular weight is 542 g/mol. The van der Waals surface area contributed by atoms with Crippen molar-refractivity contribution in [3.05, 3.63) is 43.0 Å². The number of hydrogen-bond acceptors (Lipinski definition) is 8. The van der Waals surface area contributed by atoms with Gasteiger partial charge in [0.1, 0.15) is 35.4 Å². The van der Waals surface area contributed by atoms with Gasteiger partial charge in [-0.3, -0.25) is 19.2 Å². The molecule has 1 heterocycles. The lowest BCUT2D eigenvalue weighted by atomic mass is 10.2. The van der Waals surface area contributed by atoms with E-state index in [1.807, 2.05) is 0 Å². The van der Waals surface area contributed by atoms with Crippen molar-refractivity contribution >= 4 is 46.4 Å². The van der Waals surface area contributed by atoms with Crippen molar-refractivity contribution in [1.29, 1.82) is 0 Å². The Morgan fingerprint density at radius 3 is 1.72 bits per heavy atom. The number of amides is 4. The molecule has 1 aromatic heterocycles. The zero-order valence-electron chi connectivity index (χ0n) is 21.7. The molecule has 0 fully saturated rings. The Hall–Kier alpha value is -5.27. The van der Waals surface area contributed by atoms with Gasteiger partial charge in [-0.1, -0.05) is 0 Å². The number of hydrogen-bond donors (Lipinski definition) is 6. The standard InChI is InChI=1S/C25H28N6O8/c1-14(32)26-16-9-22(38-3)18(7-20(16)34)28-24(36)11-30-5-6-31(13-30)12-25(37)29-19-8-21(35)17(27-15(2)33)10-23(19)39-4/h5-10,13H,11-12H2,1-4H3,(H5-,26,27,28,29,32,33,34,35,36,37)/p+1. The fraction of sp³-hybridized carbons (Fsp3) is 0.240. The van der Waals surface area contributed by atoms with E-state index in [-0.39, 0.29) is 70.7 Å². The van der Waals surface area contributed by atoms with E-state index in [9.17, 15) is 29.4 Å². The molecule has 206 valence electrons. The molecule has 3 rings (SSSR count). The number of imidazole rings is 1. The highest BCUT2D eigenvalue weighted by Crippen LogP contribution is 2.36. The topological polar surface area (TPSA) is 184 Å². The van der Waals surface area contributed by atoms with Crippen molar-refractivity contribution in [2.45, 2.75) is 26.9 Å². The van der Waals surface area contributed by atoms with Gasteiger partial charge in [0, 0.05) is 38.1 Å². The Labute approximate surface area is 223 Å². The lowest BCUT2D eigenvalue weighted by Gasteiger charge is -2.13. The van der Waals surface area contributed by atoms with Gasteiger partial charge in [-0.25, -0.2) is 9.13 Å². The summed E-state index contributed by atoms with van der Waals surface area (Å²) >= 11 is 0. The van der Waals surface area contributed by atoms with Gasteiger partial charge in [0.15, 0.2) is 13.1 Å². The zero-order chi connectivity index (χ0) is 28.7. The second-order valence-electron chi connectivity index (χ2n) is 8.36. The number of rotatable bonds is 10. The molecule has 0 bridgehead atoms. The van der Waals surface area contributed by atoms with Crippen LogP contribution in [0.3, 0.4) is 0 Å².